The van der Waals surface area contributed by atoms with Gasteiger partial charge < -0.3 is 5.11 Å². The van der Waals surface area contributed by atoms with Crippen molar-refractivity contribution in [2.24, 2.45) is 29.1 Å². The molecule has 0 bridgehead atoms. The van der Waals surface area contributed by atoms with Crippen LogP contribution in [0, 0.1) is 34.9 Å². The summed E-state index contributed by atoms with van der Waals surface area (Å²) in [6.07, 6.45) is 2.33. The first kappa shape index (κ1) is 25.4. The number of aromatic hydroxyl groups is 1. The quantitative estimate of drug-likeness (QED) is 0.367. The van der Waals surface area contributed by atoms with Crippen LogP contribution in [0.4, 0.5) is 15.8 Å². The molecule has 3 fully saturated rings. The Labute approximate surface area is 235 Å². The number of rotatable bonds is 3. The van der Waals surface area contributed by atoms with Crippen LogP contribution >= 0.6 is 0 Å². The highest BCUT2D eigenvalue weighted by molar-refractivity contribution is 6.25. The van der Waals surface area contributed by atoms with Gasteiger partial charge in [0.15, 0.2) is 11.6 Å². The summed E-state index contributed by atoms with van der Waals surface area (Å²) < 4.78 is 14.8. The van der Waals surface area contributed by atoms with Gasteiger partial charge in [0.2, 0.25) is 23.6 Å². The number of phenols is 1. The van der Waals surface area contributed by atoms with Crippen molar-refractivity contribution in [1.29, 1.82) is 0 Å². The van der Waals surface area contributed by atoms with Crippen LogP contribution in [0.1, 0.15) is 31.2 Å². The van der Waals surface area contributed by atoms with Crippen LogP contribution < -0.4 is 9.80 Å². The molecule has 2 aliphatic heterocycles. The Morgan fingerprint density at radius 1 is 0.780 bits per heavy atom. The fraction of sp³-hybridized carbons (Fsp3) is 0.273. The van der Waals surface area contributed by atoms with Crippen LogP contribution in [0.5, 0.6) is 5.75 Å². The van der Waals surface area contributed by atoms with E-state index in [1.165, 1.54) is 15.9 Å². The fourth-order valence-electron chi connectivity index (χ4n) is 7.78. The van der Waals surface area contributed by atoms with Crippen LogP contribution in [-0.4, -0.2) is 28.7 Å². The van der Waals surface area contributed by atoms with Crippen molar-refractivity contribution in [3.8, 4) is 5.75 Å². The molecular formula is C33H27FN2O5. The summed E-state index contributed by atoms with van der Waals surface area (Å²) in [6, 6.07) is 21.6. The molecule has 7 rings (SSSR count). The van der Waals surface area contributed by atoms with E-state index in [4.69, 9.17) is 0 Å². The van der Waals surface area contributed by atoms with Gasteiger partial charge in [-0.1, -0.05) is 60.2 Å². The third-order valence-corrected chi connectivity index (χ3v) is 9.63. The van der Waals surface area contributed by atoms with E-state index in [9.17, 15) is 28.7 Å². The van der Waals surface area contributed by atoms with Crippen molar-refractivity contribution >= 4 is 35.0 Å². The molecule has 2 heterocycles. The smallest absolute Gasteiger partial charge is 0.241 e. The zero-order chi connectivity index (χ0) is 28.6. The molecule has 206 valence electrons. The Balaban J connectivity index is 1.39. The van der Waals surface area contributed by atoms with E-state index in [2.05, 4.69) is 0 Å². The number of fused-ring (bicyclic) bond motifs is 4. The number of benzene rings is 3. The number of para-hydroxylation sites is 3. The molecule has 2 aliphatic carbocycles. The van der Waals surface area contributed by atoms with Gasteiger partial charge in [-0.3, -0.25) is 24.1 Å². The number of carbonyl (C=O) groups is 4. The Morgan fingerprint density at radius 2 is 1.41 bits per heavy atom. The van der Waals surface area contributed by atoms with E-state index in [0.717, 1.165) is 6.07 Å². The predicted molar refractivity (Wildman–Crippen MR) is 148 cm³/mol. The third-order valence-electron chi connectivity index (χ3n) is 9.63. The molecule has 0 radical (unpaired) electrons. The predicted octanol–water partition coefficient (Wildman–Crippen LogP) is 4.97. The number of anilines is 2. The topological polar surface area (TPSA) is 95.0 Å². The second-order valence-electron chi connectivity index (χ2n) is 11.5. The molecule has 6 atom stereocenters. The maximum absolute atomic E-state index is 14.8. The molecule has 0 spiro atoms. The number of imide groups is 2. The minimum atomic E-state index is -1.35. The Hall–Kier alpha value is -4.59. The molecule has 3 aromatic rings. The normalized spacial score (nSPS) is 30.7. The van der Waals surface area contributed by atoms with Gasteiger partial charge in [-0.2, -0.15) is 0 Å². The number of phenolic OH excluding ortho intramolecular Hbond substituents is 1. The number of amides is 4. The van der Waals surface area contributed by atoms with E-state index in [1.54, 1.807) is 73.7 Å². The monoisotopic (exact) mass is 550 g/mol. The van der Waals surface area contributed by atoms with Crippen molar-refractivity contribution in [1.82, 2.24) is 0 Å². The molecule has 2 saturated heterocycles. The maximum atomic E-state index is 14.8. The average molecular weight is 551 g/mol. The van der Waals surface area contributed by atoms with Crippen molar-refractivity contribution in [2.45, 2.75) is 25.7 Å². The van der Waals surface area contributed by atoms with Crippen LogP contribution in [0.25, 0.3) is 0 Å². The number of carbonyl (C=O) groups excluding carboxylic acids is 4. The molecule has 4 aliphatic rings. The summed E-state index contributed by atoms with van der Waals surface area (Å²) >= 11 is 0. The maximum Gasteiger partial charge on any atom is 0.241 e. The van der Waals surface area contributed by atoms with Gasteiger partial charge in [0.25, 0.3) is 0 Å². The number of hydrogen-bond acceptors (Lipinski definition) is 5. The van der Waals surface area contributed by atoms with Gasteiger partial charge in [0, 0.05) is 11.5 Å². The average Bonchev–Trinajstić information content (AvgIpc) is 3.35. The first-order valence-electron chi connectivity index (χ1n) is 13.8. The van der Waals surface area contributed by atoms with Gasteiger partial charge in [-0.05, 0) is 56.0 Å². The van der Waals surface area contributed by atoms with Gasteiger partial charge in [-0.15, -0.1) is 0 Å². The van der Waals surface area contributed by atoms with E-state index < -0.39 is 58.4 Å². The lowest BCUT2D eigenvalue weighted by Crippen LogP contribution is -2.49. The van der Waals surface area contributed by atoms with E-state index in [0.29, 0.717) is 16.9 Å². The number of hydrogen-bond donors (Lipinski definition) is 1. The second kappa shape index (κ2) is 8.96. The van der Waals surface area contributed by atoms with E-state index in [1.807, 2.05) is 6.08 Å². The summed E-state index contributed by atoms with van der Waals surface area (Å²) in [7, 11) is 0. The molecule has 1 saturated carbocycles. The Bertz CT molecular complexity index is 1650. The molecule has 8 heteroatoms. The highest BCUT2D eigenvalue weighted by Crippen LogP contribution is 2.64. The third kappa shape index (κ3) is 3.36. The highest BCUT2D eigenvalue weighted by atomic mass is 19.1. The molecular weight excluding hydrogens is 523 g/mol. The van der Waals surface area contributed by atoms with Crippen LogP contribution in [0.3, 0.4) is 0 Å². The summed E-state index contributed by atoms with van der Waals surface area (Å²) in [5.41, 5.74) is 0.453. The minimum absolute atomic E-state index is 0.186. The zero-order valence-corrected chi connectivity index (χ0v) is 22.2. The van der Waals surface area contributed by atoms with Gasteiger partial charge >= 0.3 is 0 Å². The lowest BCUT2D eigenvalue weighted by Gasteiger charge is -2.49. The Kier molecular flexibility index (Phi) is 5.55. The second-order valence-corrected chi connectivity index (χ2v) is 11.5. The molecule has 41 heavy (non-hydrogen) atoms. The lowest BCUT2D eigenvalue weighted by molar-refractivity contribution is -0.131. The zero-order valence-electron chi connectivity index (χ0n) is 22.2. The lowest BCUT2D eigenvalue weighted by atomic mass is 9.51. The number of halogens is 1. The first-order chi connectivity index (χ1) is 19.7. The summed E-state index contributed by atoms with van der Waals surface area (Å²) in [5.74, 6) is -6.51. The molecule has 1 N–H and O–H groups in total. The number of nitrogens with zero attached hydrogens (tertiary/aromatic N) is 2. The van der Waals surface area contributed by atoms with Crippen molar-refractivity contribution < 1.29 is 28.7 Å². The van der Waals surface area contributed by atoms with Crippen molar-refractivity contribution in [3.63, 3.8) is 0 Å². The van der Waals surface area contributed by atoms with E-state index >= 15 is 0 Å². The molecule has 0 aromatic heterocycles. The molecule has 7 nitrogen and oxygen atoms in total. The summed E-state index contributed by atoms with van der Waals surface area (Å²) in [6.45, 7) is 1.71. The summed E-state index contributed by atoms with van der Waals surface area (Å²) in [5, 5.41) is 10.9. The SMILES string of the molecule is CC12C(=O)N(c3ccccc3)C(=O)C1CC1C(=CCC3C(=O)N(c4ccccc4)C(=O)C31)C2c1cccc(F)c1O. The van der Waals surface area contributed by atoms with Crippen molar-refractivity contribution in [3.05, 3.63) is 102 Å². The standard InChI is InChI=1S/C33H27FN2O5/c1-33-24(30(39)36(32(33)41)19-11-6-3-7-12-19)17-23-20(27(33)22-13-8-14-25(34)28(22)37)15-16-21-26(23)31(40)35(29(21)38)18-9-4-2-5-10-18/h2-15,21,23-24,26-27,37H,16-17H2,1H3. The minimum Gasteiger partial charge on any atom is -0.505 e. The fourth-order valence-corrected chi connectivity index (χ4v) is 7.78. The van der Waals surface area contributed by atoms with Gasteiger partial charge in [-0.25, -0.2) is 9.29 Å². The van der Waals surface area contributed by atoms with E-state index in [-0.39, 0.29) is 30.2 Å². The first-order valence-corrected chi connectivity index (χ1v) is 13.8. The largest absolute Gasteiger partial charge is 0.505 e. The Morgan fingerprint density at radius 3 is 2.07 bits per heavy atom. The van der Waals surface area contributed by atoms with Crippen LogP contribution in [0.15, 0.2) is 90.5 Å². The highest BCUT2D eigenvalue weighted by Gasteiger charge is 2.68. The molecule has 4 amide bonds. The molecule has 3 aromatic carbocycles. The molecule has 6 unspecified atom stereocenters. The number of allylic oxidation sites excluding steroid dienone is 2. The van der Waals surface area contributed by atoms with Gasteiger partial charge in [0.05, 0.1) is 34.5 Å². The van der Waals surface area contributed by atoms with Crippen LogP contribution in [0.2, 0.25) is 0 Å². The summed E-state index contributed by atoms with van der Waals surface area (Å²) in [4.78, 5) is 58.3. The van der Waals surface area contributed by atoms with Gasteiger partial charge in [0.1, 0.15) is 0 Å². The van der Waals surface area contributed by atoms with Crippen molar-refractivity contribution in [2.75, 3.05) is 9.80 Å². The van der Waals surface area contributed by atoms with Crippen LogP contribution in [-0.2, 0) is 19.2 Å².